The summed E-state index contributed by atoms with van der Waals surface area (Å²) in [5, 5.41) is 0. The van der Waals surface area contributed by atoms with Gasteiger partial charge in [0.2, 0.25) is 0 Å². The molecule has 17 heavy (non-hydrogen) atoms. The number of aryl methyl sites for hydroxylation is 1. The Morgan fingerprint density at radius 2 is 2.24 bits per heavy atom. The number of benzene rings is 1. The van der Waals surface area contributed by atoms with Crippen molar-refractivity contribution in [3.63, 3.8) is 0 Å². The molecule has 0 radical (unpaired) electrons. The van der Waals surface area contributed by atoms with E-state index in [-0.39, 0.29) is 0 Å². The van der Waals surface area contributed by atoms with Gasteiger partial charge in [-0.15, -0.1) is 0 Å². The summed E-state index contributed by atoms with van der Waals surface area (Å²) in [6, 6.07) is 6.83. The Hall–Kier alpha value is -1.44. The lowest BCUT2D eigenvalue weighted by Crippen LogP contribution is -2.32. The smallest absolute Gasteiger partial charge is 0.0568 e. The van der Waals surface area contributed by atoms with Crippen LogP contribution in [0.4, 0.5) is 5.69 Å². The lowest BCUT2D eigenvalue weighted by molar-refractivity contribution is 0.709. The molecular formula is C15H22N2. The fourth-order valence-electron chi connectivity index (χ4n) is 2.46. The minimum absolute atomic E-state index is 0.597. The minimum atomic E-state index is 0.597. The Morgan fingerprint density at radius 1 is 1.47 bits per heavy atom. The lowest BCUT2D eigenvalue weighted by Gasteiger charge is -2.32. The second-order valence-electron chi connectivity index (χ2n) is 5.23. The number of anilines is 1. The molecule has 1 aromatic carbocycles. The van der Waals surface area contributed by atoms with Crippen LogP contribution in [0.5, 0.6) is 0 Å². The van der Waals surface area contributed by atoms with Crippen LogP contribution in [-0.2, 0) is 6.42 Å². The highest BCUT2D eigenvalue weighted by Crippen LogP contribution is 2.30. The third kappa shape index (κ3) is 2.63. The van der Waals surface area contributed by atoms with Gasteiger partial charge in [0.15, 0.2) is 0 Å². The number of rotatable bonds is 3. The molecule has 0 unspecified atom stereocenters. The average Bonchev–Trinajstić information content (AvgIpc) is 2.28. The molecule has 0 saturated carbocycles. The maximum atomic E-state index is 5.72. The summed E-state index contributed by atoms with van der Waals surface area (Å²) in [5.41, 5.74) is 10.7. The number of nitrogens with two attached hydrogens (primary N) is 1. The normalized spacial score (nSPS) is 14.9. The van der Waals surface area contributed by atoms with Crippen LogP contribution in [0.3, 0.4) is 0 Å². The van der Waals surface area contributed by atoms with Crippen molar-refractivity contribution < 1.29 is 0 Å². The molecule has 0 amide bonds. The van der Waals surface area contributed by atoms with Gasteiger partial charge in [-0.2, -0.15) is 0 Å². The first-order valence-corrected chi connectivity index (χ1v) is 6.39. The predicted molar refractivity (Wildman–Crippen MR) is 74.4 cm³/mol. The molecule has 0 atom stereocenters. The van der Waals surface area contributed by atoms with Crippen LogP contribution in [0.25, 0.3) is 0 Å². The molecule has 1 aromatic rings. The number of fused-ring (bicyclic) bond motifs is 1. The molecule has 0 aromatic heterocycles. The van der Waals surface area contributed by atoms with Crippen molar-refractivity contribution in [3.05, 3.63) is 41.6 Å². The first kappa shape index (κ1) is 12.0. The molecule has 92 valence electrons. The van der Waals surface area contributed by atoms with Crippen molar-refractivity contribution in [1.82, 2.24) is 0 Å². The molecule has 0 fully saturated rings. The van der Waals surface area contributed by atoms with Gasteiger partial charge in [-0.3, -0.25) is 0 Å². The summed E-state index contributed by atoms with van der Waals surface area (Å²) >= 11 is 0. The molecule has 0 saturated heterocycles. The standard InChI is InChI=1S/C15H22N2/c1-11(2)13-6-7-15-14(9-13)5-4-8-17(15)10-12(3)16/h6-7,9,11H,3-5,8,10,16H2,1-2H3. The third-order valence-electron chi connectivity index (χ3n) is 3.38. The highest BCUT2D eigenvalue weighted by molar-refractivity contribution is 5.57. The van der Waals surface area contributed by atoms with E-state index in [1.807, 2.05) is 0 Å². The van der Waals surface area contributed by atoms with Crippen molar-refractivity contribution in [2.75, 3.05) is 18.0 Å². The zero-order valence-corrected chi connectivity index (χ0v) is 10.9. The maximum absolute atomic E-state index is 5.72. The molecule has 1 aliphatic heterocycles. The van der Waals surface area contributed by atoms with Gasteiger partial charge in [-0.25, -0.2) is 0 Å². The Bertz CT molecular complexity index is 421. The molecule has 2 N–H and O–H groups in total. The molecule has 1 aliphatic rings. The molecule has 0 bridgehead atoms. The topological polar surface area (TPSA) is 29.3 Å². The fourth-order valence-corrected chi connectivity index (χ4v) is 2.46. The summed E-state index contributed by atoms with van der Waals surface area (Å²) in [6.45, 7) is 10.1. The maximum Gasteiger partial charge on any atom is 0.0568 e. The highest BCUT2D eigenvalue weighted by Gasteiger charge is 2.17. The predicted octanol–water partition coefficient (Wildman–Crippen LogP) is 3.04. The van der Waals surface area contributed by atoms with Gasteiger partial charge in [0.25, 0.3) is 0 Å². The second kappa shape index (κ2) is 4.82. The van der Waals surface area contributed by atoms with Gasteiger partial charge in [0, 0.05) is 17.9 Å². The minimum Gasteiger partial charge on any atom is -0.401 e. The van der Waals surface area contributed by atoms with Gasteiger partial charge in [0.05, 0.1) is 6.54 Å². The van der Waals surface area contributed by atoms with Crippen LogP contribution in [-0.4, -0.2) is 13.1 Å². The van der Waals surface area contributed by atoms with E-state index in [0.29, 0.717) is 5.92 Å². The van der Waals surface area contributed by atoms with Gasteiger partial charge in [0.1, 0.15) is 0 Å². The van der Waals surface area contributed by atoms with Crippen molar-refractivity contribution in [1.29, 1.82) is 0 Å². The zero-order chi connectivity index (χ0) is 12.4. The average molecular weight is 230 g/mol. The Labute approximate surface area is 104 Å². The summed E-state index contributed by atoms with van der Waals surface area (Å²) in [5.74, 6) is 0.597. The van der Waals surface area contributed by atoms with Gasteiger partial charge < -0.3 is 10.6 Å². The van der Waals surface area contributed by atoms with Crippen molar-refractivity contribution in [3.8, 4) is 0 Å². The Morgan fingerprint density at radius 3 is 2.88 bits per heavy atom. The van der Waals surface area contributed by atoms with E-state index < -0.39 is 0 Å². The fraction of sp³-hybridized carbons (Fsp3) is 0.467. The third-order valence-corrected chi connectivity index (χ3v) is 3.38. The molecule has 2 nitrogen and oxygen atoms in total. The van der Waals surface area contributed by atoms with Crippen LogP contribution >= 0.6 is 0 Å². The SMILES string of the molecule is C=C(N)CN1CCCc2cc(C(C)C)ccc21. The van der Waals surface area contributed by atoms with E-state index in [1.165, 1.54) is 29.7 Å². The second-order valence-corrected chi connectivity index (χ2v) is 5.23. The number of nitrogens with zero attached hydrogens (tertiary/aromatic N) is 1. The van der Waals surface area contributed by atoms with Gasteiger partial charge >= 0.3 is 0 Å². The first-order valence-electron chi connectivity index (χ1n) is 6.39. The summed E-state index contributed by atoms with van der Waals surface area (Å²) < 4.78 is 0. The van der Waals surface area contributed by atoms with Crippen molar-refractivity contribution >= 4 is 5.69 Å². The van der Waals surface area contributed by atoms with Crippen molar-refractivity contribution in [2.45, 2.75) is 32.6 Å². The molecule has 1 heterocycles. The van der Waals surface area contributed by atoms with Crippen molar-refractivity contribution in [2.24, 2.45) is 5.73 Å². The summed E-state index contributed by atoms with van der Waals surface area (Å²) in [6.07, 6.45) is 2.39. The largest absolute Gasteiger partial charge is 0.401 e. The summed E-state index contributed by atoms with van der Waals surface area (Å²) in [7, 11) is 0. The van der Waals surface area contributed by atoms with Crippen LogP contribution < -0.4 is 10.6 Å². The van der Waals surface area contributed by atoms with Gasteiger partial charge in [-0.1, -0.05) is 32.6 Å². The lowest BCUT2D eigenvalue weighted by atomic mass is 9.95. The quantitative estimate of drug-likeness (QED) is 0.864. The van der Waals surface area contributed by atoms with Crippen LogP contribution in [0.2, 0.25) is 0 Å². The summed E-state index contributed by atoms with van der Waals surface area (Å²) in [4.78, 5) is 2.34. The molecule has 2 rings (SSSR count). The number of hydrogen-bond donors (Lipinski definition) is 1. The Balaban J connectivity index is 2.30. The van der Waals surface area contributed by atoms with Gasteiger partial charge in [-0.05, 0) is 36.0 Å². The Kier molecular flexibility index (Phi) is 3.41. The van der Waals surface area contributed by atoms with Crippen LogP contribution in [0.15, 0.2) is 30.5 Å². The molecule has 2 heteroatoms. The number of hydrogen-bond acceptors (Lipinski definition) is 2. The van der Waals surface area contributed by atoms with E-state index in [2.05, 4.69) is 43.5 Å². The van der Waals surface area contributed by atoms with E-state index in [0.717, 1.165) is 18.8 Å². The molecule has 0 aliphatic carbocycles. The van der Waals surface area contributed by atoms with E-state index in [1.54, 1.807) is 0 Å². The van der Waals surface area contributed by atoms with Crippen LogP contribution in [0, 0.1) is 0 Å². The monoisotopic (exact) mass is 230 g/mol. The van der Waals surface area contributed by atoms with E-state index >= 15 is 0 Å². The first-order chi connectivity index (χ1) is 8.08. The van der Waals surface area contributed by atoms with E-state index in [9.17, 15) is 0 Å². The molecular weight excluding hydrogens is 208 g/mol. The van der Waals surface area contributed by atoms with E-state index in [4.69, 9.17) is 5.73 Å². The zero-order valence-electron chi connectivity index (χ0n) is 10.9. The van der Waals surface area contributed by atoms with Crippen LogP contribution in [0.1, 0.15) is 37.3 Å². The highest BCUT2D eigenvalue weighted by atomic mass is 15.1. The molecule has 0 spiro atoms.